The molecule has 1 saturated heterocycles. The van der Waals surface area contributed by atoms with E-state index in [2.05, 4.69) is 5.32 Å². The van der Waals surface area contributed by atoms with E-state index in [9.17, 15) is 9.59 Å². The summed E-state index contributed by atoms with van der Waals surface area (Å²) in [5.74, 6) is 1.78. The number of nitrogens with one attached hydrogen (secondary N) is 1. The van der Waals surface area contributed by atoms with Crippen LogP contribution in [0.3, 0.4) is 0 Å². The summed E-state index contributed by atoms with van der Waals surface area (Å²) in [7, 11) is 0. The number of carbonyl (C=O) groups excluding carboxylic acids is 2. The van der Waals surface area contributed by atoms with Crippen molar-refractivity contribution in [3.63, 3.8) is 0 Å². The van der Waals surface area contributed by atoms with E-state index in [0.29, 0.717) is 48.9 Å². The molecule has 2 aliphatic heterocycles. The molecular formula is C21H22N2O5. The molecular weight excluding hydrogens is 360 g/mol. The third-order valence-corrected chi connectivity index (χ3v) is 4.96. The lowest BCUT2D eigenvalue weighted by Gasteiger charge is -2.31. The van der Waals surface area contributed by atoms with Crippen LogP contribution in [-0.4, -0.2) is 43.2 Å². The first-order chi connectivity index (χ1) is 13.7. The average Bonchev–Trinajstić information content (AvgIpc) is 3.21. The Morgan fingerprint density at radius 1 is 1.04 bits per heavy atom. The Balaban J connectivity index is 1.24. The minimum absolute atomic E-state index is 0.0120. The summed E-state index contributed by atoms with van der Waals surface area (Å²) in [6.07, 6.45) is 1.26. The van der Waals surface area contributed by atoms with Gasteiger partial charge in [-0.1, -0.05) is 18.2 Å². The number of fused-ring (bicyclic) bond motifs is 1. The molecule has 4 rings (SSSR count). The van der Waals surface area contributed by atoms with E-state index in [1.165, 1.54) is 0 Å². The summed E-state index contributed by atoms with van der Waals surface area (Å²) in [5.41, 5.74) is 0.684. The molecule has 1 N–H and O–H groups in total. The number of para-hydroxylation sites is 1. The Hall–Kier alpha value is -3.22. The topological polar surface area (TPSA) is 77.1 Å². The van der Waals surface area contributed by atoms with Crippen LogP contribution in [0.4, 0.5) is 5.69 Å². The highest BCUT2D eigenvalue weighted by Gasteiger charge is 2.28. The van der Waals surface area contributed by atoms with Crippen molar-refractivity contribution in [1.82, 2.24) is 4.90 Å². The Kier molecular flexibility index (Phi) is 5.32. The number of carbonyl (C=O) groups is 2. The van der Waals surface area contributed by atoms with Crippen LogP contribution < -0.4 is 19.5 Å². The van der Waals surface area contributed by atoms with E-state index >= 15 is 0 Å². The Labute approximate surface area is 163 Å². The summed E-state index contributed by atoms with van der Waals surface area (Å²) < 4.78 is 16.1. The second-order valence-corrected chi connectivity index (χ2v) is 6.81. The highest BCUT2D eigenvalue weighted by Crippen LogP contribution is 2.34. The van der Waals surface area contributed by atoms with E-state index in [4.69, 9.17) is 14.2 Å². The molecule has 0 aliphatic carbocycles. The monoisotopic (exact) mass is 382 g/mol. The van der Waals surface area contributed by atoms with Gasteiger partial charge in [-0.15, -0.1) is 0 Å². The number of piperidine rings is 1. The van der Waals surface area contributed by atoms with Crippen molar-refractivity contribution in [2.45, 2.75) is 12.8 Å². The number of rotatable bonds is 5. The second kappa shape index (κ2) is 8.21. The zero-order valence-electron chi connectivity index (χ0n) is 15.4. The van der Waals surface area contributed by atoms with Crippen LogP contribution >= 0.6 is 0 Å². The van der Waals surface area contributed by atoms with Crippen molar-refractivity contribution >= 4 is 17.5 Å². The van der Waals surface area contributed by atoms with Gasteiger partial charge >= 0.3 is 0 Å². The van der Waals surface area contributed by atoms with Gasteiger partial charge in [0, 0.05) is 30.8 Å². The number of likely N-dealkylation sites (tertiary alicyclic amines) is 1. The predicted octanol–water partition coefficient (Wildman–Crippen LogP) is 2.67. The molecule has 0 atom stereocenters. The lowest BCUT2D eigenvalue weighted by Crippen LogP contribution is -2.43. The van der Waals surface area contributed by atoms with Crippen LogP contribution in [0.2, 0.25) is 0 Å². The van der Waals surface area contributed by atoms with Gasteiger partial charge in [0.1, 0.15) is 5.75 Å². The molecule has 0 saturated carbocycles. The molecule has 1 fully saturated rings. The van der Waals surface area contributed by atoms with Crippen LogP contribution in [0, 0.1) is 5.92 Å². The van der Waals surface area contributed by atoms with Gasteiger partial charge in [-0.2, -0.15) is 0 Å². The molecule has 0 bridgehead atoms. The Morgan fingerprint density at radius 3 is 2.57 bits per heavy atom. The molecule has 7 heteroatoms. The smallest absolute Gasteiger partial charge is 0.260 e. The van der Waals surface area contributed by atoms with Crippen molar-refractivity contribution in [2.24, 2.45) is 5.92 Å². The lowest BCUT2D eigenvalue weighted by molar-refractivity contribution is -0.136. The largest absolute Gasteiger partial charge is 0.484 e. The van der Waals surface area contributed by atoms with Gasteiger partial charge in [-0.25, -0.2) is 0 Å². The van der Waals surface area contributed by atoms with Gasteiger partial charge in [0.05, 0.1) is 0 Å². The number of hydrogen-bond donors (Lipinski definition) is 1. The van der Waals surface area contributed by atoms with Crippen molar-refractivity contribution in [3.8, 4) is 17.2 Å². The van der Waals surface area contributed by atoms with Gasteiger partial charge in [-0.3, -0.25) is 9.59 Å². The van der Waals surface area contributed by atoms with Crippen LogP contribution in [0.25, 0.3) is 0 Å². The zero-order valence-corrected chi connectivity index (χ0v) is 15.4. The molecule has 2 amide bonds. The summed E-state index contributed by atoms with van der Waals surface area (Å²) in [6, 6.07) is 14.6. The predicted molar refractivity (Wildman–Crippen MR) is 102 cm³/mol. The molecule has 2 aliphatic rings. The maximum absolute atomic E-state index is 12.5. The quantitative estimate of drug-likeness (QED) is 0.860. The van der Waals surface area contributed by atoms with Gasteiger partial charge in [0.25, 0.3) is 5.91 Å². The standard InChI is InChI=1S/C21H22N2O5/c24-20(13-26-17-4-2-1-3-5-17)23-10-8-15(9-11-23)21(25)22-16-6-7-18-19(12-16)28-14-27-18/h1-7,12,15H,8-11,13-14H2,(H,22,25). The van der Waals surface area contributed by atoms with Crippen LogP contribution in [0.15, 0.2) is 48.5 Å². The molecule has 2 heterocycles. The number of anilines is 1. The minimum atomic E-state index is -0.121. The Bertz CT molecular complexity index is 847. The summed E-state index contributed by atoms with van der Waals surface area (Å²) in [4.78, 5) is 26.6. The first-order valence-corrected chi connectivity index (χ1v) is 9.35. The fourth-order valence-corrected chi connectivity index (χ4v) is 3.36. The maximum atomic E-state index is 12.5. The van der Waals surface area contributed by atoms with Crippen molar-refractivity contribution in [3.05, 3.63) is 48.5 Å². The Morgan fingerprint density at radius 2 is 1.79 bits per heavy atom. The first-order valence-electron chi connectivity index (χ1n) is 9.35. The molecule has 0 aromatic heterocycles. The van der Waals surface area contributed by atoms with Crippen molar-refractivity contribution in [1.29, 1.82) is 0 Å². The fraction of sp³-hybridized carbons (Fsp3) is 0.333. The SMILES string of the molecule is O=C(Nc1ccc2c(c1)OCO2)C1CCN(C(=O)COc2ccccc2)CC1. The van der Waals surface area contributed by atoms with E-state index in [1.807, 2.05) is 30.3 Å². The maximum Gasteiger partial charge on any atom is 0.260 e. The van der Waals surface area contributed by atoms with E-state index in [0.717, 1.165) is 0 Å². The molecule has 2 aromatic carbocycles. The summed E-state index contributed by atoms with van der Waals surface area (Å²) >= 11 is 0. The molecule has 2 aromatic rings. The van der Waals surface area contributed by atoms with Crippen molar-refractivity contribution < 1.29 is 23.8 Å². The third-order valence-electron chi connectivity index (χ3n) is 4.96. The molecule has 0 spiro atoms. The summed E-state index contributed by atoms with van der Waals surface area (Å²) in [5, 5.41) is 2.93. The average molecular weight is 382 g/mol. The first kappa shape index (κ1) is 18.2. The molecule has 146 valence electrons. The van der Waals surface area contributed by atoms with Crippen LogP contribution in [-0.2, 0) is 9.59 Å². The highest BCUT2D eigenvalue weighted by atomic mass is 16.7. The number of amides is 2. The third kappa shape index (κ3) is 4.19. The number of nitrogens with zero attached hydrogens (tertiary/aromatic N) is 1. The van der Waals surface area contributed by atoms with E-state index < -0.39 is 0 Å². The van der Waals surface area contributed by atoms with Crippen LogP contribution in [0.5, 0.6) is 17.2 Å². The molecule has 0 radical (unpaired) electrons. The summed E-state index contributed by atoms with van der Waals surface area (Å²) in [6.45, 7) is 1.32. The second-order valence-electron chi connectivity index (χ2n) is 6.81. The van der Waals surface area contributed by atoms with E-state index in [-0.39, 0.29) is 31.1 Å². The van der Waals surface area contributed by atoms with Gasteiger partial charge in [0.2, 0.25) is 12.7 Å². The minimum Gasteiger partial charge on any atom is -0.484 e. The number of hydrogen-bond acceptors (Lipinski definition) is 5. The van der Waals surface area contributed by atoms with Gasteiger partial charge in [-0.05, 0) is 37.1 Å². The van der Waals surface area contributed by atoms with Gasteiger partial charge < -0.3 is 24.4 Å². The van der Waals surface area contributed by atoms with Crippen molar-refractivity contribution in [2.75, 3.05) is 31.8 Å². The van der Waals surface area contributed by atoms with Gasteiger partial charge in [0.15, 0.2) is 18.1 Å². The highest BCUT2D eigenvalue weighted by molar-refractivity contribution is 5.93. The van der Waals surface area contributed by atoms with E-state index in [1.54, 1.807) is 23.1 Å². The number of ether oxygens (including phenoxy) is 3. The lowest BCUT2D eigenvalue weighted by atomic mass is 9.95. The molecule has 28 heavy (non-hydrogen) atoms. The molecule has 0 unspecified atom stereocenters. The normalized spacial score (nSPS) is 15.9. The van der Waals surface area contributed by atoms with Crippen LogP contribution in [0.1, 0.15) is 12.8 Å². The zero-order chi connectivity index (χ0) is 19.3. The number of benzene rings is 2. The fourth-order valence-electron chi connectivity index (χ4n) is 3.36. The molecule has 7 nitrogen and oxygen atoms in total.